The molecule has 1 saturated heterocycles. The molecule has 2 amide bonds. The van der Waals surface area contributed by atoms with Crippen molar-refractivity contribution in [2.45, 2.75) is 64.0 Å². The molecule has 2 heterocycles. The van der Waals surface area contributed by atoms with E-state index in [0.717, 1.165) is 72.0 Å². The first-order chi connectivity index (χ1) is 16.7. The van der Waals surface area contributed by atoms with Crippen LogP contribution in [0, 0.1) is 0 Å². The Morgan fingerprint density at radius 1 is 1.11 bits per heavy atom. The number of nitrogens with zero attached hydrogens (tertiary/aromatic N) is 4. The second-order valence-corrected chi connectivity index (χ2v) is 11.1. The molecule has 192 valence electrons. The van der Waals surface area contributed by atoms with E-state index in [-0.39, 0.29) is 35.2 Å². The first kappa shape index (κ1) is 27.3. The Kier molecular flexibility index (Phi) is 8.30. The van der Waals surface area contributed by atoms with Crippen LogP contribution in [-0.2, 0) is 35.9 Å². The summed E-state index contributed by atoms with van der Waals surface area (Å²) in [6.07, 6.45) is 8.70. The van der Waals surface area contributed by atoms with Gasteiger partial charge < -0.3 is 10.2 Å². The number of halogens is 2. The van der Waals surface area contributed by atoms with Crippen molar-refractivity contribution in [3.63, 3.8) is 0 Å². The average Bonchev–Trinajstić information content (AvgIpc) is 3.55. The summed E-state index contributed by atoms with van der Waals surface area (Å²) in [7, 11) is -2.46. The molecule has 0 saturated carbocycles. The van der Waals surface area contributed by atoms with Crippen molar-refractivity contribution in [2.75, 3.05) is 29.8 Å². The zero-order chi connectivity index (χ0) is 24.7. The van der Waals surface area contributed by atoms with Crippen molar-refractivity contribution in [3.8, 4) is 0 Å². The monoisotopic (exact) mass is 532 g/mol. The molecule has 9 nitrogen and oxygen atoms in total. The number of aromatic nitrogens is 2. The fraction of sp³-hybridized carbons (Fsp3) is 0.565. The van der Waals surface area contributed by atoms with Gasteiger partial charge in [-0.15, -0.1) is 0 Å². The summed E-state index contributed by atoms with van der Waals surface area (Å²) in [6, 6.07) is 0.892. The molecule has 36 heavy (non-hydrogen) atoms. The van der Waals surface area contributed by atoms with E-state index >= 15 is 0 Å². The van der Waals surface area contributed by atoms with E-state index in [0.29, 0.717) is 30.6 Å². The molecule has 1 fully saturated rings. The van der Waals surface area contributed by atoms with Crippen molar-refractivity contribution in [2.24, 2.45) is 0 Å². The number of benzene rings is 1. The summed E-state index contributed by atoms with van der Waals surface area (Å²) in [6.45, 7) is -1.60. The Hall–Kier alpha value is -1.73. The number of carbonyl (C=O) groups is 1. The second-order valence-electron chi connectivity index (χ2n) is 9.58. The third-order valence-electron chi connectivity index (χ3n) is 7.25. The van der Waals surface area contributed by atoms with Crippen molar-refractivity contribution in [3.05, 3.63) is 40.7 Å². The molecule has 13 heteroatoms. The molecule has 0 bridgehead atoms. The molecule has 0 spiro atoms. The quantitative estimate of drug-likeness (QED) is 0.558. The van der Waals surface area contributed by atoms with Gasteiger partial charge >= 0.3 is 52.3 Å². The van der Waals surface area contributed by atoms with E-state index in [1.165, 1.54) is 11.1 Å². The van der Waals surface area contributed by atoms with Gasteiger partial charge in [0.05, 0.1) is 18.1 Å². The number of aryl methyl sites for hydroxylation is 2. The first-order valence-electron chi connectivity index (χ1n) is 12.0. The van der Waals surface area contributed by atoms with Crippen molar-refractivity contribution in [1.29, 1.82) is 0 Å². The Bertz CT molecular complexity index is 1200. The van der Waals surface area contributed by atoms with Gasteiger partial charge in [0, 0.05) is 11.7 Å². The molecule has 2 aromatic rings. The zero-order valence-corrected chi connectivity index (χ0v) is 20.5. The number of alkyl halides is 2. The summed E-state index contributed by atoms with van der Waals surface area (Å²) in [4.78, 5) is 15.1. The van der Waals surface area contributed by atoms with Crippen LogP contribution in [0.25, 0.3) is 0 Å². The number of carbonyl (C=O) groups excluding carboxylic acids is 1. The molecule has 2 aliphatic carbocycles. The number of piperidine rings is 1. The van der Waals surface area contributed by atoms with Gasteiger partial charge in [-0.25, -0.2) is 18.5 Å². The average molecular weight is 533 g/mol. The zero-order valence-electron chi connectivity index (χ0n) is 19.6. The topological polar surface area (TPSA) is 99.6 Å². The van der Waals surface area contributed by atoms with Crippen LogP contribution in [-0.4, -0.2) is 84.9 Å². The fourth-order valence-corrected chi connectivity index (χ4v) is 6.96. The van der Waals surface area contributed by atoms with Crippen LogP contribution >= 0.6 is 0 Å². The number of nitrogens with one attached hydrogen (secondary N) is 2. The predicted molar refractivity (Wildman–Crippen MR) is 135 cm³/mol. The Morgan fingerprint density at radius 2 is 1.72 bits per heavy atom. The van der Waals surface area contributed by atoms with Gasteiger partial charge in [-0.1, -0.05) is 6.07 Å². The van der Waals surface area contributed by atoms with E-state index < -0.39 is 28.8 Å². The van der Waals surface area contributed by atoms with Crippen LogP contribution in [0.4, 0.5) is 25.0 Å². The van der Waals surface area contributed by atoms with Crippen molar-refractivity contribution in [1.82, 2.24) is 19.4 Å². The number of hydrogen-bond donors (Lipinski definition) is 2. The number of anilines is 2. The number of urea groups is 1. The van der Waals surface area contributed by atoms with Crippen LogP contribution in [0.3, 0.4) is 0 Å². The normalized spacial score (nSPS) is 18.0. The van der Waals surface area contributed by atoms with E-state index in [1.54, 1.807) is 0 Å². The van der Waals surface area contributed by atoms with E-state index in [1.807, 2.05) is 7.05 Å². The van der Waals surface area contributed by atoms with Gasteiger partial charge in [-0.05, 0) is 93.8 Å². The van der Waals surface area contributed by atoms with Crippen molar-refractivity contribution >= 4 is 57.2 Å². The molecule has 1 aromatic heterocycles. The summed E-state index contributed by atoms with van der Waals surface area (Å²) >= 11 is 0. The summed E-state index contributed by atoms with van der Waals surface area (Å²) in [5.41, 5.74) is 5.35. The predicted octanol–water partition coefficient (Wildman–Crippen LogP) is 2.57. The van der Waals surface area contributed by atoms with Crippen LogP contribution in [0.15, 0.2) is 18.5 Å². The summed E-state index contributed by atoms with van der Waals surface area (Å²) < 4.78 is 56.8. The van der Waals surface area contributed by atoms with Gasteiger partial charge in [-0.3, -0.25) is 0 Å². The number of fused-ring (bicyclic) bond motifs is 2. The van der Waals surface area contributed by atoms with Crippen LogP contribution in [0.5, 0.6) is 0 Å². The third-order valence-corrected chi connectivity index (χ3v) is 8.72. The van der Waals surface area contributed by atoms with E-state index in [9.17, 15) is 22.0 Å². The van der Waals surface area contributed by atoms with Gasteiger partial charge in [0.25, 0.3) is 0 Å². The standard InChI is InChI=1S/C23H30F2N6O3S.Na.H/c1-29-10-8-17(9-11-29)31(18-13-26-30(14-18)22(24)25)35(33,34)28-23(32)27-21-19-6-2-4-15(19)12-16-5-3-7-20(16)21;;/h12-14,17,22H,2-11H2,1H3,(H2,27,28,32);;. The van der Waals surface area contributed by atoms with Gasteiger partial charge in [-0.2, -0.15) is 22.3 Å². The van der Waals surface area contributed by atoms with Gasteiger partial charge in [0.1, 0.15) is 0 Å². The van der Waals surface area contributed by atoms with Gasteiger partial charge in [0.15, 0.2) is 0 Å². The van der Waals surface area contributed by atoms with Gasteiger partial charge in [0.2, 0.25) is 0 Å². The molecule has 1 aliphatic heterocycles. The number of amides is 2. The van der Waals surface area contributed by atoms with Crippen molar-refractivity contribution < 1.29 is 22.0 Å². The Labute approximate surface area is 232 Å². The molecule has 1 aromatic carbocycles. The molecule has 0 radical (unpaired) electrons. The maximum absolute atomic E-state index is 13.5. The molecule has 0 atom stereocenters. The number of hydrogen-bond acceptors (Lipinski definition) is 5. The summed E-state index contributed by atoms with van der Waals surface area (Å²) in [5, 5.41) is 6.44. The summed E-state index contributed by atoms with van der Waals surface area (Å²) in [5.74, 6) is 0. The molecule has 0 unspecified atom stereocenters. The minimum absolute atomic E-state index is 0. The SMILES string of the molecule is CN1CCC(N(c2cnn(C(F)F)c2)S(=O)(=O)NC(=O)Nc2c3c(cc4c2CCC4)CCC3)CC1.[NaH]. The molecular weight excluding hydrogens is 501 g/mol. The number of rotatable bonds is 6. The van der Waals surface area contributed by atoms with Crippen LogP contribution in [0.1, 0.15) is 54.5 Å². The maximum atomic E-state index is 13.5. The fourth-order valence-electron chi connectivity index (χ4n) is 5.60. The molecule has 5 rings (SSSR count). The third kappa shape index (κ3) is 5.42. The van der Waals surface area contributed by atoms with Crippen LogP contribution in [0.2, 0.25) is 0 Å². The minimum atomic E-state index is -4.40. The molecular formula is C23H31F2N6NaO3S. The first-order valence-corrected chi connectivity index (χ1v) is 13.5. The molecule has 2 N–H and O–H groups in total. The molecule has 3 aliphatic rings. The Balaban J connectivity index is 0.00000304. The second kappa shape index (κ2) is 10.9. The van der Waals surface area contributed by atoms with E-state index in [4.69, 9.17) is 0 Å². The van der Waals surface area contributed by atoms with Crippen LogP contribution < -0.4 is 14.3 Å². The van der Waals surface area contributed by atoms with E-state index in [2.05, 4.69) is 26.1 Å². The number of likely N-dealkylation sites (tertiary alicyclic amines) is 1. The Morgan fingerprint density at radius 3 is 2.28 bits per heavy atom.